The van der Waals surface area contributed by atoms with E-state index < -0.39 is 0 Å². The first-order chi connectivity index (χ1) is 9.47. The first-order valence-electron chi connectivity index (χ1n) is 8.51. The minimum Gasteiger partial charge on any atom is -0.393 e. The third-order valence-corrected chi connectivity index (χ3v) is 5.97. The molecule has 0 bridgehead atoms. The van der Waals surface area contributed by atoms with Gasteiger partial charge in [0.1, 0.15) is 0 Å². The first-order valence-corrected chi connectivity index (χ1v) is 8.51. The fourth-order valence-electron chi connectivity index (χ4n) is 4.21. The van der Waals surface area contributed by atoms with E-state index in [0.717, 1.165) is 25.4 Å². The van der Waals surface area contributed by atoms with Crippen molar-refractivity contribution < 1.29 is 5.11 Å². The number of hydrogen-bond acceptors (Lipinski definition) is 3. The molecule has 3 unspecified atom stereocenters. The minimum absolute atomic E-state index is 0.0723. The summed E-state index contributed by atoms with van der Waals surface area (Å²) in [6.45, 7) is 4.51. The minimum atomic E-state index is -0.0723. The van der Waals surface area contributed by atoms with E-state index in [9.17, 15) is 5.11 Å². The number of aliphatic hydroxyl groups is 1. The van der Waals surface area contributed by atoms with E-state index in [2.05, 4.69) is 37.9 Å². The van der Waals surface area contributed by atoms with Crippen LogP contribution in [0.15, 0.2) is 0 Å². The molecule has 0 aromatic rings. The second kappa shape index (κ2) is 6.76. The van der Waals surface area contributed by atoms with Gasteiger partial charge in [0.2, 0.25) is 0 Å². The molecule has 2 fully saturated rings. The maximum Gasteiger partial charge on any atom is 0.0580 e. The molecule has 118 valence electrons. The van der Waals surface area contributed by atoms with E-state index in [0.29, 0.717) is 11.5 Å². The molecule has 0 radical (unpaired) electrons. The van der Waals surface area contributed by atoms with E-state index in [1.807, 2.05) is 0 Å². The highest BCUT2D eigenvalue weighted by molar-refractivity contribution is 4.98. The van der Waals surface area contributed by atoms with Crippen LogP contribution in [-0.4, -0.2) is 60.8 Å². The highest BCUT2D eigenvalue weighted by Gasteiger charge is 2.40. The Kier molecular flexibility index (Phi) is 5.49. The molecule has 2 aliphatic carbocycles. The van der Waals surface area contributed by atoms with Gasteiger partial charge in [-0.05, 0) is 71.5 Å². The van der Waals surface area contributed by atoms with E-state index in [4.69, 9.17) is 0 Å². The number of likely N-dealkylation sites (N-methyl/N-ethyl adjacent to an activating group) is 2. The van der Waals surface area contributed by atoms with Gasteiger partial charge < -0.3 is 14.9 Å². The molecule has 0 aromatic carbocycles. The fraction of sp³-hybridized carbons (Fsp3) is 1.00. The molecule has 3 atom stereocenters. The zero-order valence-corrected chi connectivity index (χ0v) is 13.9. The Labute approximate surface area is 125 Å². The fourth-order valence-corrected chi connectivity index (χ4v) is 4.21. The Morgan fingerprint density at radius 1 is 1.15 bits per heavy atom. The lowest BCUT2D eigenvalue weighted by Gasteiger charge is -2.50. The van der Waals surface area contributed by atoms with Gasteiger partial charge >= 0.3 is 0 Å². The lowest BCUT2D eigenvalue weighted by atomic mass is 9.74. The molecule has 0 spiro atoms. The molecular formula is C17H34N2O. The van der Waals surface area contributed by atoms with Crippen LogP contribution < -0.4 is 0 Å². The first kappa shape index (κ1) is 16.3. The maximum absolute atomic E-state index is 10.3. The number of nitrogens with zero attached hydrogens (tertiary/aromatic N) is 2. The van der Waals surface area contributed by atoms with Crippen LogP contribution in [-0.2, 0) is 0 Å². The van der Waals surface area contributed by atoms with Crippen LogP contribution in [0, 0.1) is 11.8 Å². The molecule has 3 heteroatoms. The van der Waals surface area contributed by atoms with Crippen LogP contribution in [0.5, 0.6) is 0 Å². The lowest BCUT2D eigenvalue weighted by molar-refractivity contribution is -0.00232. The summed E-state index contributed by atoms with van der Waals surface area (Å²) < 4.78 is 0. The van der Waals surface area contributed by atoms with Crippen molar-refractivity contribution in [3.05, 3.63) is 0 Å². The molecule has 0 amide bonds. The smallest absolute Gasteiger partial charge is 0.0580 e. The van der Waals surface area contributed by atoms with Crippen LogP contribution in [0.25, 0.3) is 0 Å². The van der Waals surface area contributed by atoms with Gasteiger partial charge in [-0.2, -0.15) is 0 Å². The summed E-state index contributed by atoms with van der Waals surface area (Å²) in [4.78, 5) is 4.89. The predicted octanol–water partition coefficient (Wildman–Crippen LogP) is 2.59. The molecule has 2 saturated carbocycles. The summed E-state index contributed by atoms with van der Waals surface area (Å²) in [5.41, 5.74) is 0.401. The van der Waals surface area contributed by atoms with E-state index in [-0.39, 0.29) is 6.10 Å². The number of aliphatic hydroxyl groups excluding tert-OH is 1. The van der Waals surface area contributed by atoms with Crippen LogP contribution in [0.3, 0.4) is 0 Å². The number of hydrogen-bond donors (Lipinski definition) is 1. The van der Waals surface area contributed by atoms with Crippen molar-refractivity contribution in [2.45, 2.75) is 63.5 Å². The molecule has 0 saturated heterocycles. The van der Waals surface area contributed by atoms with Gasteiger partial charge in [-0.15, -0.1) is 0 Å². The summed E-state index contributed by atoms with van der Waals surface area (Å²) in [5.74, 6) is 1.32. The van der Waals surface area contributed by atoms with Crippen molar-refractivity contribution in [2.24, 2.45) is 11.8 Å². The van der Waals surface area contributed by atoms with E-state index >= 15 is 0 Å². The molecule has 0 aliphatic heterocycles. The van der Waals surface area contributed by atoms with Crippen molar-refractivity contribution in [2.75, 3.05) is 34.2 Å². The second-order valence-corrected chi connectivity index (χ2v) is 7.58. The van der Waals surface area contributed by atoms with Gasteiger partial charge in [-0.1, -0.05) is 13.3 Å². The highest BCUT2D eigenvalue weighted by atomic mass is 16.3. The average Bonchev–Trinajstić information content (AvgIpc) is 2.36. The summed E-state index contributed by atoms with van der Waals surface area (Å²) in [6, 6.07) is 0. The topological polar surface area (TPSA) is 26.7 Å². The predicted molar refractivity (Wildman–Crippen MR) is 84.9 cm³/mol. The van der Waals surface area contributed by atoms with Crippen LogP contribution in [0.4, 0.5) is 0 Å². The Morgan fingerprint density at radius 2 is 1.85 bits per heavy atom. The summed E-state index contributed by atoms with van der Waals surface area (Å²) in [5, 5.41) is 10.3. The summed E-state index contributed by atoms with van der Waals surface area (Å²) >= 11 is 0. The monoisotopic (exact) mass is 282 g/mol. The third-order valence-electron chi connectivity index (χ3n) is 5.97. The van der Waals surface area contributed by atoms with Crippen LogP contribution in [0.2, 0.25) is 0 Å². The molecule has 2 rings (SSSR count). The molecule has 1 N–H and O–H groups in total. The Morgan fingerprint density at radius 3 is 2.35 bits per heavy atom. The van der Waals surface area contributed by atoms with Gasteiger partial charge in [0.15, 0.2) is 0 Å². The Balaban J connectivity index is 1.85. The van der Waals surface area contributed by atoms with Gasteiger partial charge in [0.25, 0.3) is 0 Å². The molecule has 3 nitrogen and oxygen atoms in total. The van der Waals surface area contributed by atoms with Crippen LogP contribution in [0.1, 0.15) is 51.9 Å². The Hall–Kier alpha value is -0.120. The number of rotatable bonds is 6. The normalized spacial score (nSPS) is 33.5. The third kappa shape index (κ3) is 3.55. The summed E-state index contributed by atoms with van der Waals surface area (Å²) in [7, 11) is 6.68. The molecule has 0 heterocycles. The van der Waals surface area contributed by atoms with E-state index in [1.165, 1.54) is 38.5 Å². The second-order valence-electron chi connectivity index (χ2n) is 7.58. The highest BCUT2D eigenvalue weighted by Crippen LogP contribution is 2.37. The summed E-state index contributed by atoms with van der Waals surface area (Å²) in [6.07, 6.45) is 8.68. The molecular weight excluding hydrogens is 248 g/mol. The maximum atomic E-state index is 10.3. The van der Waals surface area contributed by atoms with Crippen molar-refractivity contribution in [1.29, 1.82) is 0 Å². The molecule has 20 heavy (non-hydrogen) atoms. The largest absolute Gasteiger partial charge is 0.393 e. The quantitative estimate of drug-likeness (QED) is 0.811. The van der Waals surface area contributed by atoms with Crippen LogP contribution >= 0.6 is 0 Å². The SMILES string of the molecule is CCC1CCC(O)C(CN(C)CC2(N(C)C)CCC2)C1. The van der Waals surface area contributed by atoms with E-state index in [1.54, 1.807) is 0 Å². The van der Waals surface area contributed by atoms with Gasteiger partial charge in [-0.25, -0.2) is 0 Å². The van der Waals surface area contributed by atoms with Gasteiger partial charge in [0, 0.05) is 18.6 Å². The van der Waals surface area contributed by atoms with Crippen molar-refractivity contribution >= 4 is 0 Å². The standard InChI is InChI=1S/C17H34N2O/c1-5-14-7-8-16(20)15(11-14)12-19(4)13-17(18(2)3)9-6-10-17/h14-16,20H,5-13H2,1-4H3. The van der Waals surface area contributed by atoms with Crippen molar-refractivity contribution in [1.82, 2.24) is 9.80 Å². The lowest BCUT2D eigenvalue weighted by Crippen LogP contribution is -2.57. The van der Waals surface area contributed by atoms with Gasteiger partial charge in [0.05, 0.1) is 6.10 Å². The zero-order valence-electron chi connectivity index (χ0n) is 13.9. The van der Waals surface area contributed by atoms with Crippen molar-refractivity contribution in [3.63, 3.8) is 0 Å². The van der Waals surface area contributed by atoms with Gasteiger partial charge in [-0.3, -0.25) is 0 Å². The van der Waals surface area contributed by atoms with Crippen molar-refractivity contribution in [3.8, 4) is 0 Å². The average molecular weight is 282 g/mol. The Bertz CT molecular complexity index is 301. The zero-order chi connectivity index (χ0) is 14.8. The molecule has 0 aromatic heterocycles. The molecule has 2 aliphatic rings.